The van der Waals surface area contributed by atoms with Gasteiger partial charge in [-0.25, -0.2) is 4.79 Å². The van der Waals surface area contributed by atoms with Crippen LogP contribution < -0.4 is 5.32 Å². The van der Waals surface area contributed by atoms with E-state index in [1.54, 1.807) is 12.1 Å². The number of hydrogen-bond acceptors (Lipinski definition) is 3. The lowest BCUT2D eigenvalue weighted by atomic mass is 9.84. The molecule has 19 heavy (non-hydrogen) atoms. The van der Waals surface area contributed by atoms with Gasteiger partial charge in [-0.15, -0.1) is 0 Å². The van der Waals surface area contributed by atoms with E-state index >= 15 is 0 Å². The Bertz CT molecular complexity index is 498. The summed E-state index contributed by atoms with van der Waals surface area (Å²) in [5, 5.41) is 12.9. The van der Waals surface area contributed by atoms with Crippen molar-refractivity contribution in [2.45, 2.75) is 18.9 Å². The van der Waals surface area contributed by atoms with Gasteiger partial charge in [0, 0.05) is 12.6 Å². The summed E-state index contributed by atoms with van der Waals surface area (Å²) in [6.45, 7) is 3.46. The van der Waals surface area contributed by atoms with Gasteiger partial charge in [0.05, 0.1) is 16.3 Å². The second-order valence-electron chi connectivity index (χ2n) is 5.39. The molecule has 0 aromatic heterocycles. The molecule has 3 aliphatic heterocycles. The number of nitrogens with one attached hydrogen (secondary N) is 1. The van der Waals surface area contributed by atoms with Gasteiger partial charge in [-0.05, 0) is 50.0 Å². The number of aromatic carboxylic acids is 1. The number of halogens is 1. The highest BCUT2D eigenvalue weighted by Crippen LogP contribution is 2.32. The Morgan fingerprint density at radius 3 is 2.63 bits per heavy atom. The molecule has 0 aliphatic carbocycles. The first kappa shape index (κ1) is 12.8. The van der Waals surface area contributed by atoms with Crippen molar-refractivity contribution in [1.29, 1.82) is 0 Å². The van der Waals surface area contributed by atoms with E-state index in [-0.39, 0.29) is 5.56 Å². The van der Waals surface area contributed by atoms with Crippen LogP contribution in [0.25, 0.3) is 0 Å². The highest BCUT2D eigenvalue weighted by Gasteiger charge is 2.34. The smallest absolute Gasteiger partial charge is 0.335 e. The molecule has 4 rings (SSSR count). The molecule has 0 spiro atoms. The SMILES string of the molecule is O=C(O)c1ccc(NC2CN3CCC2CC3)c(Cl)c1. The van der Waals surface area contributed by atoms with Gasteiger partial charge in [-0.2, -0.15) is 0 Å². The van der Waals surface area contributed by atoms with E-state index < -0.39 is 5.97 Å². The predicted molar refractivity (Wildman–Crippen MR) is 75.0 cm³/mol. The summed E-state index contributed by atoms with van der Waals surface area (Å²) in [5.74, 6) is -0.239. The Hall–Kier alpha value is -1.26. The third kappa shape index (κ3) is 2.55. The fraction of sp³-hybridized carbons (Fsp3) is 0.500. The number of piperidine rings is 3. The number of benzene rings is 1. The zero-order valence-corrected chi connectivity index (χ0v) is 11.4. The van der Waals surface area contributed by atoms with Crippen LogP contribution in [0.15, 0.2) is 18.2 Å². The van der Waals surface area contributed by atoms with Crippen molar-refractivity contribution >= 4 is 23.3 Å². The molecule has 0 saturated carbocycles. The standard InChI is InChI=1S/C14H17ClN2O2/c15-11-7-10(14(18)19)1-2-12(11)16-13-8-17-5-3-9(13)4-6-17/h1-2,7,9,13,16H,3-6,8H2,(H,18,19). The average Bonchev–Trinajstić information content (AvgIpc) is 2.42. The lowest BCUT2D eigenvalue weighted by molar-refractivity contribution is 0.0697. The van der Waals surface area contributed by atoms with Crippen LogP contribution in [-0.2, 0) is 0 Å². The molecular weight excluding hydrogens is 264 g/mol. The molecule has 1 aromatic carbocycles. The molecule has 0 radical (unpaired) electrons. The maximum atomic E-state index is 10.9. The van der Waals surface area contributed by atoms with Crippen LogP contribution in [0.2, 0.25) is 5.02 Å². The predicted octanol–water partition coefficient (Wildman–Crippen LogP) is 2.54. The fourth-order valence-corrected chi connectivity index (χ4v) is 3.33. The van der Waals surface area contributed by atoms with Crippen LogP contribution in [0.1, 0.15) is 23.2 Å². The Morgan fingerprint density at radius 2 is 2.11 bits per heavy atom. The molecule has 3 saturated heterocycles. The topological polar surface area (TPSA) is 52.6 Å². The third-order valence-electron chi connectivity index (χ3n) is 4.21. The number of nitrogens with zero attached hydrogens (tertiary/aromatic N) is 1. The molecular formula is C14H17ClN2O2. The zero-order chi connectivity index (χ0) is 13.4. The Morgan fingerprint density at radius 1 is 1.37 bits per heavy atom. The summed E-state index contributed by atoms with van der Waals surface area (Å²) >= 11 is 6.16. The number of carboxylic acid groups (broad SMARTS) is 1. The van der Waals surface area contributed by atoms with Gasteiger partial charge in [0.1, 0.15) is 0 Å². The van der Waals surface area contributed by atoms with Crippen LogP contribution >= 0.6 is 11.6 Å². The molecule has 0 amide bonds. The maximum Gasteiger partial charge on any atom is 0.335 e. The van der Waals surface area contributed by atoms with Crippen molar-refractivity contribution in [2.75, 3.05) is 25.0 Å². The number of fused-ring (bicyclic) bond motifs is 3. The summed E-state index contributed by atoms with van der Waals surface area (Å²) in [6, 6.07) is 5.30. The maximum absolute atomic E-state index is 10.9. The molecule has 102 valence electrons. The number of hydrogen-bond donors (Lipinski definition) is 2. The summed E-state index contributed by atoms with van der Waals surface area (Å²) in [6.07, 6.45) is 2.48. The van der Waals surface area contributed by atoms with Crippen molar-refractivity contribution in [3.63, 3.8) is 0 Å². The number of anilines is 1. The Labute approximate surface area is 117 Å². The molecule has 4 nitrogen and oxygen atoms in total. The van der Waals surface area contributed by atoms with Crippen molar-refractivity contribution in [2.24, 2.45) is 5.92 Å². The molecule has 2 bridgehead atoms. The van der Waals surface area contributed by atoms with E-state index in [9.17, 15) is 4.79 Å². The summed E-state index contributed by atoms with van der Waals surface area (Å²) in [7, 11) is 0. The third-order valence-corrected chi connectivity index (χ3v) is 4.53. The van der Waals surface area contributed by atoms with Crippen molar-refractivity contribution < 1.29 is 9.90 Å². The van der Waals surface area contributed by atoms with Gasteiger partial charge in [0.25, 0.3) is 0 Å². The molecule has 1 aromatic rings. The number of carboxylic acids is 1. The largest absolute Gasteiger partial charge is 0.478 e. The Balaban J connectivity index is 1.75. The monoisotopic (exact) mass is 280 g/mol. The van der Waals surface area contributed by atoms with E-state index in [1.807, 2.05) is 0 Å². The molecule has 3 aliphatic rings. The molecule has 5 heteroatoms. The minimum Gasteiger partial charge on any atom is -0.478 e. The fourth-order valence-electron chi connectivity index (χ4n) is 3.09. The van der Waals surface area contributed by atoms with Gasteiger partial charge in [0.15, 0.2) is 0 Å². The minimum atomic E-state index is -0.948. The molecule has 1 atom stereocenters. The van der Waals surface area contributed by atoms with Crippen LogP contribution in [0.4, 0.5) is 5.69 Å². The second-order valence-corrected chi connectivity index (χ2v) is 5.80. The minimum absolute atomic E-state index is 0.226. The summed E-state index contributed by atoms with van der Waals surface area (Å²) < 4.78 is 0. The quantitative estimate of drug-likeness (QED) is 0.893. The van der Waals surface area contributed by atoms with Crippen LogP contribution in [0, 0.1) is 5.92 Å². The number of carbonyl (C=O) groups is 1. The van der Waals surface area contributed by atoms with Crippen molar-refractivity contribution in [1.82, 2.24) is 4.90 Å². The average molecular weight is 281 g/mol. The summed E-state index contributed by atoms with van der Waals surface area (Å²) in [5.41, 5.74) is 1.06. The van der Waals surface area contributed by atoms with E-state index in [4.69, 9.17) is 16.7 Å². The van der Waals surface area contributed by atoms with Crippen LogP contribution in [0.5, 0.6) is 0 Å². The van der Waals surface area contributed by atoms with E-state index in [1.165, 1.54) is 32.0 Å². The zero-order valence-electron chi connectivity index (χ0n) is 10.6. The first-order valence-electron chi connectivity index (χ1n) is 6.65. The number of rotatable bonds is 3. The van der Waals surface area contributed by atoms with Gasteiger partial charge in [-0.3, -0.25) is 0 Å². The molecule has 2 N–H and O–H groups in total. The first-order valence-corrected chi connectivity index (χ1v) is 7.03. The van der Waals surface area contributed by atoms with Gasteiger partial charge in [-0.1, -0.05) is 11.6 Å². The van der Waals surface area contributed by atoms with Crippen molar-refractivity contribution in [3.8, 4) is 0 Å². The van der Waals surface area contributed by atoms with Gasteiger partial charge in [0.2, 0.25) is 0 Å². The van der Waals surface area contributed by atoms with E-state index in [0.29, 0.717) is 17.0 Å². The van der Waals surface area contributed by atoms with Crippen LogP contribution in [-0.4, -0.2) is 41.7 Å². The highest BCUT2D eigenvalue weighted by atomic mass is 35.5. The summed E-state index contributed by atoms with van der Waals surface area (Å²) in [4.78, 5) is 13.3. The highest BCUT2D eigenvalue weighted by molar-refractivity contribution is 6.33. The van der Waals surface area contributed by atoms with Crippen LogP contribution in [0.3, 0.4) is 0 Å². The molecule has 3 fully saturated rings. The van der Waals surface area contributed by atoms with E-state index in [2.05, 4.69) is 10.2 Å². The normalized spacial score (nSPS) is 29.2. The van der Waals surface area contributed by atoms with Gasteiger partial charge >= 0.3 is 5.97 Å². The first-order chi connectivity index (χ1) is 9.13. The Kier molecular flexibility index (Phi) is 3.37. The molecule has 3 heterocycles. The van der Waals surface area contributed by atoms with Crippen molar-refractivity contribution in [3.05, 3.63) is 28.8 Å². The molecule has 1 unspecified atom stereocenters. The van der Waals surface area contributed by atoms with Gasteiger partial charge < -0.3 is 15.3 Å². The second kappa shape index (κ2) is 5.02. The lowest BCUT2D eigenvalue weighted by Gasteiger charge is -2.45. The van der Waals surface area contributed by atoms with E-state index in [0.717, 1.165) is 12.2 Å². The lowest BCUT2D eigenvalue weighted by Crippen LogP contribution is -2.53.